The first-order valence-electron chi connectivity index (χ1n) is 6.99. The SMILES string of the molecule is Cc1nc(SCCN(C)C)c2c(CC(C)C)csc2n1. The number of thioether (sulfide) groups is 1. The lowest BCUT2D eigenvalue weighted by Gasteiger charge is -2.10. The fraction of sp³-hybridized carbons (Fsp3) is 0.600. The maximum atomic E-state index is 4.68. The van der Waals surface area contributed by atoms with E-state index in [1.54, 1.807) is 11.3 Å². The van der Waals surface area contributed by atoms with Gasteiger partial charge in [-0.1, -0.05) is 13.8 Å². The third kappa shape index (κ3) is 3.93. The predicted octanol–water partition coefficient (Wildman–Crippen LogP) is 3.85. The van der Waals surface area contributed by atoms with Crippen molar-refractivity contribution in [1.29, 1.82) is 0 Å². The van der Waals surface area contributed by atoms with Gasteiger partial charge in [0.1, 0.15) is 15.7 Å². The van der Waals surface area contributed by atoms with Gasteiger partial charge in [0.2, 0.25) is 0 Å². The number of nitrogens with zero attached hydrogens (tertiary/aromatic N) is 3. The summed E-state index contributed by atoms with van der Waals surface area (Å²) in [7, 11) is 4.21. The van der Waals surface area contributed by atoms with Crippen molar-refractivity contribution in [3.8, 4) is 0 Å². The van der Waals surface area contributed by atoms with E-state index in [4.69, 9.17) is 0 Å². The molecule has 110 valence electrons. The molecule has 2 rings (SSSR count). The van der Waals surface area contributed by atoms with E-state index in [1.807, 2.05) is 18.7 Å². The van der Waals surface area contributed by atoms with Gasteiger partial charge in [-0.15, -0.1) is 23.1 Å². The van der Waals surface area contributed by atoms with Crippen LogP contribution in [0.3, 0.4) is 0 Å². The van der Waals surface area contributed by atoms with Crippen molar-refractivity contribution in [3.05, 3.63) is 16.8 Å². The second-order valence-electron chi connectivity index (χ2n) is 5.77. The largest absolute Gasteiger partial charge is 0.309 e. The van der Waals surface area contributed by atoms with Crippen molar-refractivity contribution in [2.24, 2.45) is 5.92 Å². The maximum Gasteiger partial charge on any atom is 0.128 e. The minimum atomic E-state index is 0.661. The van der Waals surface area contributed by atoms with Gasteiger partial charge in [-0.05, 0) is 44.3 Å². The van der Waals surface area contributed by atoms with Gasteiger partial charge >= 0.3 is 0 Å². The molecule has 0 fully saturated rings. The smallest absolute Gasteiger partial charge is 0.128 e. The molecule has 0 saturated heterocycles. The molecule has 0 spiro atoms. The van der Waals surface area contributed by atoms with Crippen molar-refractivity contribution in [3.63, 3.8) is 0 Å². The first-order valence-corrected chi connectivity index (χ1v) is 8.86. The lowest BCUT2D eigenvalue weighted by Crippen LogP contribution is -2.14. The minimum Gasteiger partial charge on any atom is -0.309 e. The molecule has 5 heteroatoms. The van der Waals surface area contributed by atoms with Crippen LogP contribution in [0.5, 0.6) is 0 Å². The lowest BCUT2D eigenvalue weighted by atomic mass is 10.0. The molecular weight excluding hydrogens is 286 g/mol. The summed E-state index contributed by atoms with van der Waals surface area (Å²) in [6.45, 7) is 7.57. The molecule has 0 aromatic carbocycles. The highest BCUT2D eigenvalue weighted by atomic mass is 32.2. The van der Waals surface area contributed by atoms with Gasteiger partial charge in [-0.2, -0.15) is 0 Å². The number of fused-ring (bicyclic) bond motifs is 1. The van der Waals surface area contributed by atoms with Crippen LogP contribution in [0.4, 0.5) is 0 Å². The van der Waals surface area contributed by atoms with Crippen LogP contribution in [0.2, 0.25) is 0 Å². The highest BCUT2D eigenvalue weighted by molar-refractivity contribution is 7.99. The number of rotatable bonds is 6. The fourth-order valence-electron chi connectivity index (χ4n) is 2.09. The average molecular weight is 310 g/mol. The first-order chi connectivity index (χ1) is 9.47. The van der Waals surface area contributed by atoms with Crippen LogP contribution in [-0.2, 0) is 6.42 Å². The monoisotopic (exact) mass is 309 g/mol. The molecule has 0 saturated carbocycles. The summed E-state index contributed by atoms with van der Waals surface area (Å²) < 4.78 is 0. The van der Waals surface area contributed by atoms with E-state index < -0.39 is 0 Å². The van der Waals surface area contributed by atoms with Crippen LogP contribution in [0.15, 0.2) is 10.4 Å². The quantitative estimate of drug-likeness (QED) is 0.598. The van der Waals surface area contributed by atoms with E-state index in [9.17, 15) is 0 Å². The number of aryl methyl sites for hydroxylation is 1. The van der Waals surface area contributed by atoms with Crippen LogP contribution in [0.25, 0.3) is 10.2 Å². The minimum absolute atomic E-state index is 0.661. The Morgan fingerprint density at radius 1 is 1.30 bits per heavy atom. The first kappa shape index (κ1) is 15.7. The van der Waals surface area contributed by atoms with E-state index in [0.29, 0.717) is 5.92 Å². The summed E-state index contributed by atoms with van der Waals surface area (Å²) >= 11 is 3.60. The van der Waals surface area contributed by atoms with Crippen LogP contribution >= 0.6 is 23.1 Å². The van der Waals surface area contributed by atoms with Gasteiger partial charge in [0.05, 0.1) is 0 Å². The molecular formula is C15H23N3S2. The molecule has 0 N–H and O–H groups in total. The molecule has 2 heterocycles. The summed E-state index contributed by atoms with van der Waals surface area (Å²) in [6, 6.07) is 0. The predicted molar refractivity (Wildman–Crippen MR) is 90.0 cm³/mol. The molecule has 0 radical (unpaired) electrons. The Bertz CT molecular complexity index is 576. The summed E-state index contributed by atoms with van der Waals surface area (Å²) in [5.41, 5.74) is 1.41. The van der Waals surface area contributed by atoms with Gasteiger partial charge in [-0.3, -0.25) is 0 Å². The number of hydrogen-bond acceptors (Lipinski definition) is 5. The standard InChI is InChI=1S/C15H23N3S2/c1-10(2)8-12-9-20-15-13(12)14(16-11(3)17-15)19-7-6-18(4)5/h9-10H,6-8H2,1-5H3. The van der Waals surface area contributed by atoms with Gasteiger partial charge in [0.25, 0.3) is 0 Å². The van der Waals surface area contributed by atoms with E-state index in [0.717, 1.165) is 34.4 Å². The maximum absolute atomic E-state index is 4.68. The number of aromatic nitrogens is 2. The molecule has 0 amide bonds. The second-order valence-corrected chi connectivity index (χ2v) is 7.71. The molecule has 0 aliphatic carbocycles. The molecule has 0 bridgehead atoms. The Balaban J connectivity index is 2.32. The molecule has 2 aromatic rings. The van der Waals surface area contributed by atoms with Gasteiger partial charge < -0.3 is 4.90 Å². The van der Waals surface area contributed by atoms with E-state index >= 15 is 0 Å². The summed E-state index contributed by atoms with van der Waals surface area (Å²) in [6.07, 6.45) is 1.10. The van der Waals surface area contributed by atoms with E-state index in [1.165, 1.54) is 10.9 Å². The Labute approximate surface area is 129 Å². The average Bonchev–Trinajstić information content (AvgIpc) is 2.70. The normalized spacial score (nSPS) is 11.9. The zero-order valence-electron chi connectivity index (χ0n) is 12.9. The summed E-state index contributed by atoms with van der Waals surface area (Å²) in [4.78, 5) is 12.6. The Morgan fingerprint density at radius 3 is 2.70 bits per heavy atom. The highest BCUT2D eigenvalue weighted by Gasteiger charge is 2.14. The summed E-state index contributed by atoms with van der Waals surface area (Å²) in [5, 5.41) is 4.71. The van der Waals surface area contributed by atoms with E-state index in [2.05, 4.69) is 48.2 Å². The molecule has 0 atom stereocenters. The van der Waals surface area contributed by atoms with E-state index in [-0.39, 0.29) is 0 Å². The molecule has 0 aliphatic heterocycles. The number of thiophene rings is 1. The second kappa shape index (κ2) is 6.87. The van der Waals surface area contributed by atoms with Gasteiger partial charge in [-0.25, -0.2) is 9.97 Å². The summed E-state index contributed by atoms with van der Waals surface area (Å²) in [5.74, 6) is 2.60. The Hall–Kier alpha value is -0.650. The van der Waals surface area contributed by atoms with Crippen molar-refractivity contribution >= 4 is 33.3 Å². The zero-order chi connectivity index (χ0) is 14.7. The van der Waals surface area contributed by atoms with Crippen molar-refractivity contribution in [1.82, 2.24) is 14.9 Å². The van der Waals surface area contributed by atoms with Crippen LogP contribution < -0.4 is 0 Å². The fourth-order valence-corrected chi connectivity index (χ4v) is 4.37. The van der Waals surface area contributed by atoms with Crippen molar-refractivity contribution < 1.29 is 0 Å². The third-order valence-electron chi connectivity index (χ3n) is 2.99. The third-order valence-corrected chi connectivity index (χ3v) is 4.87. The van der Waals surface area contributed by atoms with Crippen molar-refractivity contribution in [2.45, 2.75) is 32.2 Å². The van der Waals surface area contributed by atoms with Crippen LogP contribution in [0, 0.1) is 12.8 Å². The zero-order valence-corrected chi connectivity index (χ0v) is 14.6. The van der Waals surface area contributed by atoms with Crippen LogP contribution in [0.1, 0.15) is 25.2 Å². The highest BCUT2D eigenvalue weighted by Crippen LogP contribution is 2.33. The Morgan fingerprint density at radius 2 is 2.05 bits per heavy atom. The molecule has 0 unspecified atom stereocenters. The number of hydrogen-bond donors (Lipinski definition) is 0. The molecule has 2 aromatic heterocycles. The topological polar surface area (TPSA) is 29.0 Å². The lowest BCUT2D eigenvalue weighted by molar-refractivity contribution is 0.437. The van der Waals surface area contributed by atoms with Crippen molar-refractivity contribution in [2.75, 3.05) is 26.4 Å². The molecule has 3 nitrogen and oxygen atoms in total. The van der Waals surface area contributed by atoms with Crippen LogP contribution in [-0.4, -0.2) is 41.3 Å². The Kier molecular flexibility index (Phi) is 5.41. The van der Waals surface area contributed by atoms with Gasteiger partial charge in [0, 0.05) is 17.7 Å². The van der Waals surface area contributed by atoms with Gasteiger partial charge in [0.15, 0.2) is 0 Å². The molecule has 0 aliphatic rings. The molecule has 20 heavy (non-hydrogen) atoms.